The minimum absolute atomic E-state index is 0.404. The molecule has 0 atom stereocenters. The Kier molecular flexibility index (Phi) is 6.50. The fourth-order valence-corrected chi connectivity index (χ4v) is 5.13. The summed E-state index contributed by atoms with van der Waals surface area (Å²) in [6, 6.07) is 5.91. The molecule has 0 aliphatic carbocycles. The predicted molar refractivity (Wildman–Crippen MR) is 107 cm³/mol. The average molecular weight is 411 g/mol. The minimum atomic E-state index is -3.23. The molecule has 2 aliphatic rings. The van der Waals surface area contributed by atoms with Gasteiger partial charge in [0.15, 0.2) is 0 Å². The zero-order valence-electron chi connectivity index (χ0n) is 16.6. The summed E-state index contributed by atoms with van der Waals surface area (Å²) in [4.78, 5) is 12.4. The largest absolute Gasteiger partial charge is 0.494 e. The molecule has 1 N–H and O–H groups in total. The Balaban J connectivity index is 1.50. The fourth-order valence-electron chi connectivity index (χ4n) is 3.86. The molecule has 1 fully saturated rings. The Morgan fingerprint density at radius 1 is 1.21 bits per heavy atom. The first-order valence-corrected chi connectivity index (χ1v) is 11.5. The Hall–Kier alpha value is -1.80. The van der Waals surface area contributed by atoms with Gasteiger partial charge in [0.2, 0.25) is 10.0 Å². The van der Waals surface area contributed by atoms with Crippen LogP contribution in [0.4, 0.5) is 4.79 Å². The number of piperidine rings is 1. The summed E-state index contributed by atoms with van der Waals surface area (Å²) in [6.07, 6.45) is 2.57. The Morgan fingerprint density at radius 2 is 1.93 bits per heavy atom. The van der Waals surface area contributed by atoms with Crippen LogP contribution < -0.4 is 4.74 Å². The molecule has 156 valence electrons. The van der Waals surface area contributed by atoms with E-state index in [1.54, 1.807) is 18.2 Å². The van der Waals surface area contributed by atoms with Crippen LogP contribution in [-0.2, 0) is 23.0 Å². The maximum atomic E-state index is 12.4. The van der Waals surface area contributed by atoms with Crippen molar-refractivity contribution in [1.82, 2.24) is 9.21 Å². The van der Waals surface area contributed by atoms with E-state index in [9.17, 15) is 13.2 Å². The van der Waals surface area contributed by atoms with E-state index < -0.39 is 21.4 Å². The predicted octanol–water partition coefficient (Wildman–Crippen LogP) is 2.94. The number of likely N-dealkylation sites (tertiary alicyclic amines) is 1. The summed E-state index contributed by atoms with van der Waals surface area (Å²) in [5, 5.41) is 8.60. The molecule has 2 heterocycles. The summed E-state index contributed by atoms with van der Waals surface area (Å²) >= 11 is 0. The quantitative estimate of drug-likeness (QED) is 0.779. The van der Waals surface area contributed by atoms with Crippen LogP contribution in [0.15, 0.2) is 18.2 Å². The molecule has 1 aromatic carbocycles. The molecule has 0 spiro atoms. The lowest BCUT2D eigenvalue weighted by atomic mass is 9.94. The van der Waals surface area contributed by atoms with Crippen molar-refractivity contribution in [2.75, 3.05) is 26.2 Å². The third-order valence-electron chi connectivity index (χ3n) is 5.79. The Morgan fingerprint density at radius 3 is 2.57 bits per heavy atom. The standard InChI is InChI=1S/C20H30N2O5S/c1-15(2)28(25,26)22-11-7-17-13-19(4-3-18(17)14-22)27-12-8-16-5-9-21(10-6-16)20(23)24/h3-4,13,15-16H,5-12,14H2,1-2H3,(H,23,24). The molecule has 0 aromatic heterocycles. The van der Waals surface area contributed by atoms with Gasteiger partial charge in [-0.05, 0) is 68.7 Å². The Labute approximate surface area is 167 Å². The van der Waals surface area contributed by atoms with Crippen LogP contribution in [0.2, 0.25) is 0 Å². The summed E-state index contributed by atoms with van der Waals surface area (Å²) in [6.45, 7) is 6.20. The van der Waals surface area contributed by atoms with Crippen molar-refractivity contribution >= 4 is 16.1 Å². The van der Waals surface area contributed by atoms with Gasteiger partial charge in [0.05, 0.1) is 11.9 Å². The molecular weight excluding hydrogens is 380 g/mol. The number of carboxylic acid groups (broad SMARTS) is 1. The van der Waals surface area contributed by atoms with E-state index in [1.165, 1.54) is 4.90 Å². The van der Waals surface area contributed by atoms with Gasteiger partial charge in [-0.1, -0.05) is 6.07 Å². The van der Waals surface area contributed by atoms with Crippen LogP contribution in [0.1, 0.15) is 44.2 Å². The van der Waals surface area contributed by atoms with E-state index in [4.69, 9.17) is 9.84 Å². The fraction of sp³-hybridized carbons (Fsp3) is 0.650. The van der Waals surface area contributed by atoms with Gasteiger partial charge < -0.3 is 14.7 Å². The second kappa shape index (κ2) is 8.69. The van der Waals surface area contributed by atoms with E-state index in [0.29, 0.717) is 45.1 Å². The monoisotopic (exact) mass is 410 g/mol. The lowest BCUT2D eigenvalue weighted by molar-refractivity contribution is 0.119. The van der Waals surface area contributed by atoms with E-state index >= 15 is 0 Å². The van der Waals surface area contributed by atoms with Gasteiger partial charge in [-0.25, -0.2) is 13.2 Å². The van der Waals surface area contributed by atoms with Crippen molar-refractivity contribution in [2.45, 2.75) is 51.3 Å². The highest BCUT2D eigenvalue weighted by Crippen LogP contribution is 2.27. The smallest absolute Gasteiger partial charge is 0.407 e. The summed E-state index contributed by atoms with van der Waals surface area (Å²) in [5.74, 6) is 1.32. The SMILES string of the molecule is CC(C)S(=O)(=O)N1CCc2cc(OCCC3CCN(C(=O)O)CC3)ccc2C1. The van der Waals surface area contributed by atoms with Gasteiger partial charge >= 0.3 is 6.09 Å². The van der Waals surface area contributed by atoms with E-state index in [2.05, 4.69) is 0 Å². The molecule has 1 aromatic rings. The molecule has 3 rings (SSSR count). The van der Waals surface area contributed by atoms with E-state index in [1.807, 2.05) is 18.2 Å². The second-order valence-electron chi connectivity index (χ2n) is 7.96. The number of rotatable bonds is 6. The third kappa shape index (κ3) is 4.78. The van der Waals surface area contributed by atoms with Crippen LogP contribution in [0.5, 0.6) is 5.75 Å². The number of hydrogen-bond acceptors (Lipinski definition) is 4. The second-order valence-corrected chi connectivity index (χ2v) is 10.4. The molecule has 2 aliphatic heterocycles. The van der Waals surface area contributed by atoms with Gasteiger partial charge in [-0.15, -0.1) is 0 Å². The first kappa shape index (κ1) is 20.9. The van der Waals surface area contributed by atoms with Crippen LogP contribution in [0.3, 0.4) is 0 Å². The summed E-state index contributed by atoms with van der Waals surface area (Å²) < 4.78 is 32.2. The summed E-state index contributed by atoms with van der Waals surface area (Å²) in [5.41, 5.74) is 2.20. The normalized spacial score (nSPS) is 18.9. The number of benzene rings is 1. The maximum absolute atomic E-state index is 12.4. The molecule has 0 unspecified atom stereocenters. The number of carbonyl (C=O) groups is 1. The number of sulfonamides is 1. The van der Waals surface area contributed by atoms with Crippen LogP contribution in [0.25, 0.3) is 0 Å². The van der Waals surface area contributed by atoms with Crippen molar-refractivity contribution < 1.29 is 23.1 Å². The Bertz CT molecular complexity index is 801. The number of ether oxygens (including phenoxy) is 1. The summed E-state index contributed by atoms with van der Waals surface area (Å²) in [7, 11) is -3.23. The van der Waals surface area contributed by atoms with Gasteiger partial charge in [0, 0.05) is 26.2 Å². The third-order valence-corrected chi connectivity index (χ3v) is 8.01. The topological polar surface area (TPSA) is 87.2 Å². The van der Waals surface area contributed by atoms with Gasteiger partial charge in [0.25, 0.3) is 0 Å². The van der Waals surface area contributed by atoms with Gasteiger partial charge in [-0.2, -0.15) is 4.31 Å². The molecule has 0 saturated carbocycles. The zero-order chi connectivity index (χ0) is 20.3. The van der Waals surface area contributed by atoms with E-state index in [0.717, 1.165) is 36.1 Å². The van der Waals surface area contributed by atoms with Gasteiger partial charge in [-0.3, -0.25) is 0 Å². The number of fused-ring (bicyclic) bond motifs is 1. The molecular formula is C20H30N2O5S. The minimum Gasteiger partial charge on any atom is -0.494 e. The maximum Gasteiger partial charge on any atom is 0.407 e. The lowest BCUT2D eigenvalue weighted by Gasteiger charge is -2.30. The first-order chi connectivity index (χ1) is 13.3. The molecule has 28 heavy (non-hydrogen) atoms. The van der Waals surface area contributed by atoms with Gasteiger partial charge in [0.1, 0.15) is 5.75 Å². The molecule has 1 saturated heterocycles. The molecule has 8 heteroatoms. The van der Waals surface area contributed by atoms with Crippen LogP contribution >= 0.6 is 0 Å². The first-order valence-electron chi connectivity index (χ1n) is 9.99. The highest BCUT2D eigenvalue weighted by molar-refractivity contribution is 7.89. The molecule has 0 bridgehead atoms. The highest BCUT2D eigenvalue weighted by atomic mass is 32.2. The zero-order valence-corrected chi connectivity index (χ0v) is 17.5. The number of amides is 1. The highest BCUT2D eigenvalue weighted by Gasteiger charge is 2.29. The van der Waals surface area contributed by atoms with Crippen molar-refractivity contribution in [3.8, 4) is 5.75 Å². The lowest BCUT2D eigenvalue weighted by Crippen LogP contribution is -2.39. The van der Waals surface area contributed by atoms with Crippen molar-refractivity contribution in [3.63, 3.8) is 0 Å². The van der Waals surface area contributed by atoms with Crippen LogP contribution in [-0.4, -0.2) is 60.3 Å². The molecule has 1 amide bonds. The van der Waals surface area contributed by atoms with Crippen molar-refractivity contribution in [3.05, 3.63) is 29.3 Å². The molecule has 0 radical (unpaired) electrons. The van der Waals surface area contributed by atoms with Crippen molar-refractivity contribution in [1.29, 1.82) is 0 Å². The van der Waals surface area contributed by atoms with Crippen molar-refractivity contribution in [2.24, 2.45) is 5.92 Å². The number of hydrogen-bond donors (Lipinski definition) is 1. The number of nitrogens with zero attached hydrogens (tertiary/aromatic N) is 2. The van der Waals surface area contributed by atoms with E-state index in [-0.39, 0.29) is 0 Å². The molecule has 7 nitrogen and oxygen atoms in total. The average Bonchev–Trinajstić information content (AvgIpc) is 2.67. The van der Waals surface area contributed by atoms with Crippen LogP contribution in [0, 0.1) is 5.92 Å².